The molecular weight excluding hydrogens is 504 g/mol. The van der Waals surface area contributed by atoms with Crippen LogP contribution in [-0.2, 0) is 0 Å². The first-order chi connectivity index (χ1) is 19.8. The number of aliphatic imine (C=N–C) groups is 2. The van der Waals surface area contributed by atoms with E-state index in [1.807, 2.05) is 65.4 Å². The quantitative estimate of drug-likeness (QED) is 0.178. The van der Waals surface area contributed by atoms with Gasteiger partial charge < -0.3 is 11.1 Å². The minimum atomic E-state index is 0.162. The molecule has 6 heteroatoms. The van der Waals surface area contributed by atoms with Crippen LogP contribution in [0.25, 0.3) is 5.57 Å². The van der Waals surface area contributed by atoms with E-state index in [-0.39, 0.29) is 6.04 Å². The van der Waals surface area contributed by atoms with Gasteiger partial charge in [0.15, 0.2) is 0 Å². The summed E-state index contributed by atoms with van der Waals surface area (Å²) in [5.74, 6) is 0.983. The molecule has 2 aliphatic rings. The van der Waals surface area contributed by atoms with Crippen molar-refractivity contribution < 1.29 is 0 Å². The Hall–Kier alpha value is -3.09. The number of nitrogens with one attached hydrogen (secondary N) is 1. The average molecular weight is 561 g/mol. The van der Waals surface area contributed by atoms with Gasteiger partial charge in [-0.2, -0.15) is 0 Å². The molecular formula is C35H56N6. The number of pyridine rings is 1. The molecule has 3 rings (SSSR count). The van der Waals surface area contributed by atoms with Gasteiger partial charge in [0.1, 0.15) is 5.84 Å². The summed E-state index contributed by atoms with van der Waals surface area (Å²) in [6, 6.07) is 2.63. The Bertz CT molecular complexity index is 1100. The fourth-order valence-corrected chi connectivity index (χ4v) is 5.13. The molecule has 1 aliphatic carbocycles. The van der Waals surface area contributed by atoms with Gasteiger partial charge in [0.2, 0.25) is 0 Å². The van der Waals surface area contributed by atoms with E-state index in [4.69, 9.17) is 10.7 Å². The summed E-state index contributed by atoms with van der Waals surface area (Å²) < 4.78 is 0. The van der Waals surface area contributed by atoms with Gasteiger partial charge in [0, 0.05) is 48.9 Å². The van der Waals surface area contributed by atoms with Crippen molar-refractivity contribution in [2.24, 2.45) is 21.6 Å². The van der Waals surface area contributed by atoms with Gasteiger partial charge in [-0.25, -0.2) is 4.99 Å². The van der Waals surface area contributed by atoms with E-state index in [1.54, 1.807) is 12.3 Å². The van der Waals surface area contributed by atoms with Crippen LogP contribution in [0.5, 0.6) is 0 Å². The molecule has 0 aromatic carbocycles. The van der Waals surface area contributed by atoms with Crippen LogP contribution in [0.15, 0.2) is 82.8 Å². The highest BCUT2D eigenvalue weighted by Gasteiger charge is 2.31. The average Bonchev–Trinajstić information content (AvgIpc) is 2.97. The van der Waals surface area contributed by atoms with Crippen LogP contribution >= 0.6 is 0 Å². The fourth-order valence-electron chi connectivity index (χ4n) is 5.13. The number of aromatic nitrogens is 1. The molecule has 1 atom stereocenters. The lowest BCUT2D eigenvalue weighted by atomic mass is 9.76. The number of piperidine rings is 1. The summed E-state index contributed by atoms with van der Waals surface area (Å²) in [7, 11) is 4.08. The van der Waals surface area contributed by atoms with E-state index < -0.39 is 0 Å². The number of allylic oxidation sites excluding steroid dienone is 6. The third-order valence-electron chi connectivity index (χ3n) is 7.89. The summed E-state index contributed by atoms with van der Waals surface area (Å²) in [4.78, 5) is 16.1. The van der Waals surface area contributed by atoms with E-state index in [0.717, 1.165) is 53.9 Å². The third-order valence-corrected chi connectivity index (χ3v) is 7.89. The monoisotopic (exact) mass is 560 g/mol. The molecule has 1 unspecified atom stereocenters. The first-order valence-electron chi connectivity index (χ1n) is 15.2. The van der Waals surface area contributed by atoms with Crippen LogP contribution in [0.2, 0.25) is 0 Å². The molecule has 1 saturated carbocycles. The van der Waals surface area contributed by atoms with Gasteiger partial charge in [-0.05, 0) is 102 Å². The van der Waals surface area contributed by atoms with Crippen LogP contribution in [0, 0.1) is 5.92 Å². The van der Waals surface area contributed by atoms with Crippen LogP contribution in [-0.4, -0.2) is 61.2 Å². The van der Waals surface area contributed by atoms with Crippen LogP contribution < -0.4 is 11.1 Å². The molecule has 2 heterocycles. The van der Waals surface area contributed by atoms with Gasteiger partial charge in [0.25, 0.3) is 0 Å². The van der Waals surface area contributed by atoms with E-state index in [1.165, 1.54) is 24.8 Å². The van der Waals surface area contributed by atoms with Crippen molar-refractivity contribution in [1.82, 2.24) is 15.2 Å². The van der Waals surface area contributed by atoms with Crippen molar-refractivity contribution in [2.75, 3.05) is 27.2 Å². The lowest BCUT2D eigenvalue weighted by Gasteiger charge is -2.39. The normalized spacial score (nSPS) is 18.2. The van der Waals surface area contributed by atoms with Gasteiger partial charge in [-0.1, -0.05) is 57.7 Å². The van der Waals surface area contributed by atoms with E-state index in [9.17, 15) is 0 Å². The maximum atomic E-state index is 6.60. The predicted molar refractivity (Wildman–Crippen MR) is 182 cm³/mol. The molecule has 0 spiro atoms. The minimum Gasteiger partial charge on any atom is -0.383 e. The molecule has 41 heavy (non-hydrogen) atoms. The number of nitrogens with zero attached hydrogens (tertiary/aromatic N) is 4. The third kappa shape index (κ3) is 10.7. The van der Waals surface area contributed by atoms with Crippen LogP contribution in [0.1, 0.15) is 84.8 Å². The number of amidine groups is 1. The van der Waals surface area contributed by atoms with Gasteiger partial charge in [-0.15, -0.1) is 0 Å². The van der Waals surface area contributed by atoms with Crippen molar-refractivity contribution >= 4 is 17.6 Å². The van der Waals surface area contributed by atoms with Crippen LogP contribution in [0.4, 0.5) is 0 Å². The highest BCUT2D eigenvalue weighted by atomic mass is 15.2. The summed E-state index contributed by atoms with van der Waals surface area (Å²) in [5.41, 5.74) is 12.8. The van der Waals surface area contributed by atoms with Crippen LogP contribution in [0.3, 0.4) is 0 Å². The van der Waals surface area contributed by atoms with Crippen molar-refractivity contribution in [2.45, 2.75) is 85.7 Å². The summed E-state index contributed by atoms with van der Waals surface area (Å²) in [6.07, 6.45) is 19.2. The molecule has 0 amide bonds. The SMILES string of the molecule is C=C(N=C(N)c1ccncc1/C(C)=C/C)/C(=C(\C=NC)C1CCC1)C(C)N(C)C1CCNCC1.C=C/C=C\C.CC. The fraction of sp³-hybridized carbons (Fsp3) is 0.514. The number of nitrogens with two attached hydrogens (primary N) is 1. The molecule has 1 aliphatic heterocycles. The molecule has 1 saturated heterocycles. The first kappa shape index (κ1) is 35.9. The van der Waals surface area contributed by atoms with Gasteiger partial charge in [0.05, 0.1) is 5.70 Å². The Morgan fingerprint density at radius 1 is 1.17 bits per heavy atom. The molecule has 2 fully saturated rings. The predicted octanol–water partition coefficient (Wildman–Crippen LogP) is 7.37. The Morgan fingerprint density at radius 3 is 2.32 bits per heavy atom. The van der Waals surface area contributed by atoms with Crippen molar-refractivity contribution in [3.8, 4) is 0 Å². The molecule has 0 radical (unpaired) electrons. The Morgan fingerprint density at radius 2 is 1.83 bits per heavy atom. The standard InChI is InChI=1S/C28H42N6.C5H8.C2H6/c1-7-19(2)25-18-32-16-13-24(25)28(29)33-20(3)27(26(17-30-5)22-9-8-10-22)21(4)34(6)23-11-14-31-15-12-23;1-3-5-4-2;1-2/h7,13,16-18,21-23,31H,3,8-12,14-15H2,1-2,4-6H3,(H2,29,33);3-5H,1H2,2H3;1-2H3/b19-7+,27-26-,30-17?;5-4-;. The molecule has 6 nitrogen and oxygen atoms in total. The number of rotatable bonds is 10. The molecule has 226 valence electrons. The van der Waals surface area contributed by atoms with Crippen molar-refractivity contribution in [3.05, 3.63) is 83.9 Å². The van der Waals surface area contributed by atoms with E-state index in [2.05, 4.69) is 60.3 Å². The van der Waals surface area contributed by atoms with Crippen molar-refractivity contribution in [1.29, 1.82) is 0 Å². The molecule has 0 bridgehead atoms. The van der Waals surface area contributed by atoms with E-state index in [0.29, 0.717) is 17.8 Å². The minimum absolute atomic E-state index is 0.162. The number of hydrogen-bond donors (Lipinski definition) is 2. The molecule has 1 aromatic heterocycles. The Balaban J connectivity index is 0.00000108. The topological polar surface area (TPSA) is 78.9 Å². The number of hydrogen-bond acceptors (Lipinski definition) is 5. The largest absolute Gasteiger partial charge is 0.383 e. The molecule has 3 N–H and O–H groups in total. The zero-order chi connectivity index (χ0) is 30.8. The maximum Gasteiger partial charge on any atom is 0.132 e. The summed E-state index contributed by atoms with van der Waals surface area (Å²) in [5, 5.41) is 3.48. The lowest BCUT2D eigenvalue weighted by Crippen LogP contribution is -2.46. The van der Waals surface area contributed by atoms with E-state index >= 15 is 0 Å². The second kappa shape index (κ2) is 19.9. The Kier molecular flexibility index (Phi) is 17.4. The second-order valence-electron chi connectivity index (χ2n) is 10.3. The highest BCUT2D eigenvalue weighted by molar-refractivity contribution is 6.02. The smallest absolute Gasteiger partial charge is 0.132 e. The first-order valence-corrected chi connectivity index (χ1v) is 15.2. The van der Waals surface area contributed by atoms with Gasteiger partial charge in [-0.3, -0.25) is 14.9 Å². The van der Waals surface area contributed by atoms with Gasteiger partial charge >= 0.3 is 0 Å². The lowest BCUT2D eigenvalue weighted by molar-refractivity contribution is 0.169. The number of likely N-dealkylation sites (N-methyl/N-ethyl adjacent to an activating group) is 1. The Labute approximate surface area is 251 Å². The second-order valence-corrected chi connectivity index (χ2v) is 10.3. The highest BCUT2D eigenvalue weighted by Crippen LogP contribution is 2.37. The summed E-state index contributed by atoms with van der Waals surface area (Å²) in [6.45, 7) is 22.4. The van der Waals surface area contributed by atoms with Crippen molar-refractivity contribution in [3.63, 3.8) is 0 Å². The zero-order valence-corrected chi connectivity index (χ0v) is 27.1. The maximum absolute atomic E-state index is 6.60. The zero-order valence-electron chi connectivity index (χ0n) is 27.1. The summed E-state index contributed by atoms with van der Waals surface area (Å²) >= 11 is 0. The molecule has 1 aromatic rings.